The van der Waals surface area contributed by atoms with E-state index < -0.39 is 0 Å². The van der Waals surface area contributed by atoms with Gasteiger partial charge in [0, 0.05) is 23.5 Å². The molecule has 3 aromatic rings. The molecule has 3 aromatic heterocycles. The van der Waals surface area contributed by atoms with Crippen LogP contribution in [-0.4, -0.2) is 19.5 Å². The van der Waals surface area contributed by atoms with Crippen LogP contribution in [-0.2, 0) is 6.54 Å². The van der Waals surface area contributed by atoms with Gasteiger partial charge in [0.15, 0.2) is 0 Å². The highest BCUT2D eigenvalue weighted by Gasteiger charge is 2.02. The Morgan fingerprint density at radius 1 is 1.26 bits per heavy atom. The molecule has 1 N–H and O–H groups in total. The molecule has 0 spiro atoms. The van der Waals surface area contributed by atoms with E-state index in [-0.39, 0.29) is 0 Å². The molecule has 5 nitrogen and oxygen atoms in total. The normalized spacial score (nSPS) is 10.6. The summed E-state index contributed by atoms with van der Waals surface area (Å²) < 4.78 is 1.95. The first-order valence-electron chi connectivity index (χ1n) is 5.90. The van der Waals surface area contributed by atoms with Gasteiger partial charge in [0.25, 0.3) is 0 Å². The summed E-state index contributed by atoms with van der Waals surface area (Å²) in [5, 5.41) is 3.32. The minimum absolute atomic E-state index is 0.774. The second kappa shape index (κ2) is 5.19. The number of rotatable bonds is 4. The van der Waals surface area contributed by atoms with E-state index in [4.69, 9.17) is 0 Å². The number of nitrogens with one attached hydrogen (secondary N) is 1. The third kappa shape index (κ3) is 2.63. The molecule has 3 heterocycles. The van der Waals surface area contributed by atoms with Gasteiger partial charge in [0.2, 0.25) is 0 Å². The maximum atomic E-state index is 4.43. The molecule has 6 heteroatoms. The number of nitrogens with zero attached hydrogens (tertiary/aromatic N) is 4. The van der Waals surface area contributed by atoms with Gasteiger partial charge in [-0.2, -0.15) is 0 Å². The number of aromatic nitrogens is 4. The largest absolute Gasteiger partial charge is 0.379 e. The highest BCUT2D eigenvalue weighted by molar-refractivity contribution is 7.09. The van der Waals surface area contributed by atoms with Gasteiger partial charge in [-0.15, -0.1) is 11.3 Å². The molecule has 19 heavy (non-hydrogen) atoms. The standard InChI is InChI=1S/C13H13N5S/c1-10-15-4-5-18(10)13-3-2-11(6-17-13)16-8-12-7-14-9-19-12/h2-7,9,16H,8H2,1H3. The zero-order valence-electron chi connectivity index (χ0n) is 10.4. The lowest BCUT2D eigenvalue weighted by Gasteiger charge is -2.07. The summed E-state index contributed by atoms with van der Waals surface area (Å²) in [5.74, 6) is 1.80. The minimum atomic E-state index is 0.774. The van der Waals surface area contributed by atoms with Crippen molar-refractivity contribution in [3.8, 4) is 5.82 Å². The van der Waals surface area contributed by atoms with Crippen LogP contribution >= 0.6 is 11.3 Å². The van der Waals surface area contributed by atoms with Crippen LogP contribution in [0.4, 0.5) is 5.69 Å². The molecule has 0 aromatic carbocycles. The van der Waals surface area contributed by atoms with Gasteiger partial charge in [-0.05, 0) is 19.1 Å². The topological polar surface area (TPSA) is 55.6 Å². The van der Waals surface area contributed by atoms with Crippen molar-refractivity contribution >= 4 is 17.0 Å². The van der Waals surface area contributed by atoms with Gasteiger partial charge < -0.3 is 5.32 Å². The molecule has 0 aliphatic carbocycles. The zero-order chi connectivity index (χ0) is 13.1. The van der Waals surface area contributed by atoms with Crippen molar-refractivity contribution in [1.82, 2.24) is 19.5 Å². The smallest absolute Gasteiger partial charge is 0.138 e. The number of hydrogen-bond acceptors (Lipinski definition) is 5. The Balaban J connectivity index is 1.71. The summed E-state index contributed by atoms with van der Waals surface area (Å²) in [6.45, 7) is 2.73. The molecule has 0 atom stereocenters. The summed E-state index contributed by atoms with van der Waals surface area (Å²) in [4.78, 5) is 13.9. The second-order valence-electron chi connectivity index (χ2n) is 4.07. The van der Waals surface area contributed by atoms with Gasteiger partial charge in [-0.3, -0.25) is 9.55 Å². The molecule has 0 radical (unpaired) electrons. The third-order valence-corrected chi connectivity index (χ3v) is 3.55. The van der Waals surface area contributed by atoms with Crippen molar-refractivity contribution in [2.24, 2.45) is 0 Å². The predicted molar refractivity (Wildman–Crippen MR) is 75.5 cm³/mol. The lowest BCUT2D eigenvalue weighted by molar-refractivity contribution is 0.932. The molecule has 96 valence electrons. The average Bonchev–Trinajstić information content (AvgIpc) is 3.08. The first-order valence-corrected chi connectivity index (χ1v) is 6.78. The summed E-state index contributed by atoms with van der Waals surface area (Å²) in [6.07, 6.45) is 7.37. The Labute approximate surface area is 115 Å². The van der Waals surface area contributed by atoms with Crippen LogP contribution in [0.1, 0.15) is 10.7 Å². The molecule has 3 rings (SSSR count). The Hall–Kier alpha value is -2.21. The summed E-state index contributed by atoms with van der Waals surface area (Å²) in [5.41, 5.74) is 2.83. The Kier molecular flexibility index (Phi) is 3.24. The highest BCUT2D eigenvalue weighted by atomic mass is 32.1. The lowest BCUT2D eigenvalue weighted by Crippen LogP contribution is -2.01. The van der Waals surface area contributed by atoms with Crippen molar-refractivity contribution in [2.45, 2.75) is 13.5 Å². The molecule has 0 aliphatic rings. The lowest BCUT2D eigenvalue weighted by atomic mass is 10.4. The molecule has 0 amide bonds. The van der Waals surface area contributed by atoms with E-state index in [2.05, 4.69) is 20.3 Å². The summed E-state index contributed by atoms with van der Waals surface area (Å²) >= 11 is 1.64. The van der Waals surface area contributed by atoms with Crippen LogP contribution in [0.15, 0.2) is 42.4 Å². The van der Waals surface area contributed by atoms with E-state index >= 15 is 0 Å². The van der Waals surface area contributed by atoms with Gasteiger partial charge in [0.1, 0.15) is 11.6 Å². The Bertz CT molecular complexity index is 642. The van der Waals surface area contributed by atoms with E-state index in [0.29, 0.717) is 0 Å². The molecule has 0 fully saturated rings. The van der Waals surface area contributed by atoms with Crippen molar-refractivity contribution < 1.29 is 0 Å². The monoisotopic (exact) mass is 271 g/mol. The van der Waals surface area contributed by atoms with E-state index in [1.807, 2.05) is 47.7 Å². The summed E-state index contributed by atoms with van der Waals surface area (Å²) in [7, 11) is 0. The number of thiazole rings is 1. The zero-order valence-corrected chi connectivity index (χ0v) is 11.3. The number of imidazole rings is 1. The van der Waals surface area contributed by atoms with Crippen LogP contribution in [0, 0.1) is 6.92 Å². The number of pyridine rings is 1. The van der Waals surface area contributed by atoms with Crippen molar-refractivity contribution in [3.63, 3.8) is 0 Å². The van der Waals surface area contributed by atoms with Crippen LogP contribution in [0.25, 0.3) is 5.82 Å². The van der Waals surface area contributed by atoms with Gasteiger partial charge in [-0.25, -0.2) is 9.97 Å². The predicted octanol–water partition coefficient (Wildman–Crippen LogP) is 2.64. The molecule has 0 saturated carbocycles. The number of hydrogen-bond donors (Lipinski definition) is 1. The Morgan fingerprint density at radius 2 is 2.21 bits per heavy atom. The van der Waals surface area contributed by atoms with Gasteiger partial charge in [0.05, 0.1) is 23.9 Å². The molecule has 0 bridgehead atoms. The van der Waals surface area contributed by atoms with E-state index in [0.717, 1.165) is 23.9 Å². The molecule has 0 aliphatic heterocycles. The van der Waals surface area contributed by atoms with Crippen LogP contribution in [0.5, 0.6) is 0 Å². The SMILES string of the molecule is Cc1nccn1-c1ccc(NCc2cncs2)cn1. The first-order chi connectivity index (χ1) is 9.33. The Morgan fingerprint density at radius 3 is 2.84 bits per heavy atom. The first kappa shape index (κ1) is 11.9. The van der Waals surface area contributed by atoms with Crippen molar-refractivity contribution in [2.75, 3.05) is 5.32 Å². The van der Waals surface area contributed by atoms with Gasteiger partial charge >= 0.3 is 0 Å². The van der Waals surface area contributed by atoms with E-state index in [1.54, 1.807) is 17.5 Å². The average molecular weight is 271 g/mol. The maximum absolute atomic E-state index is 4.43. The quantitative estimate of drug-likeness (QED) is 0.792. The second-order valence-corrected chi connectivity index (χ2v) is 5.04. The fourth-order valence-corrected chi connectivity index (χ4v) is 2.31. The molecule has 0 unspecified atom stereocenters. The molecular formula is C13H13N5S. The van der Waals surface area contributed by atoms with E-state index in [1.165, 1.54) is 4.88 Å². The van der Waals surface area contributed by atoms with Crippen molar-refractivity contribution in [3.05, 3.63) is 53.1 Å². The summed E-state index contributed by atoms with van der Waals surface area (Å²) in [6, 6.07) is 3.99. The van der Waals surface area contributed by atoms with Crippen LogP contribution < -0.4 is 5.32 Å². The van der Waals surface area contributed by atoms with Crippen LogP contribution in [0.2, 0.25) is 0 Å². The van der Waals surface area contributed by atoms with Gasteiger partial charge in [-0.1, -0.05) is 0 Å². The minimum Gasteiger partial charge on any atom is -0.379 e. The molecular weight excluding hydrogens is 258 g/mol. The highest BCUT2D eigenvalue weighted by Crippen LogP contribution is 2.13. The number of aryl methyl sites for hydroxylation is 1. The van der Waals surface area contributed by atoms with Crippen LogP contribution in [0.3, 0.4) is 0 Å². The van der Waals surface area contributed by atoms with E-state index in [9.17, 15) is 0 Å². The number of anilines is 1. The fraction of sp³-hybridized carbons (Fsp3) is 0.154. The van der Waals surface area contributed by atoms with Crippen molar-refractivity contribution in [1.29, 1.82) is 0 Å². The third-order valence-electron chi connectivity index (χ3n) is 2.77. The molecule has 0 saturated heterocycles. The maximum Gasteiger partial charge on any atom is 0.138 e. The fourth-order valence-electron chi connectivity index (χ4n) is 1.77.